The molecule has 0 spiro atoms. The topological polar surface area (TPSA) is 74.1 Å². The highest BCUT2D eigenvalue weighted by atomic mass is 79.9. The number of ether oxygens (including phenoxy) is 1. The molecule has 2 heterocycles. The number of alkyl halides is 1. The summed E-state index contributed by atoms with van der Waals surface area (Å²) in [6, 6.07) is 16.2. The Morgan fingerprint density at radius 1 is 0.967 bits per heavy atom. The molecular formula is C23H18BrN3O3. The molecule has 0 unspecified atom stereocenters. The monoisotopic (exact) mass is 463 g/mol. The van der Waals surface area contributed by atoms with Crippen LogP contribution in [0.25, 0.3) is 17.0 Å². The van der Waals surface area contributed by atoms with Crippen molar-refractivity contribution in [2.45, 2.75) is 30.3 Å². The second kappa shape index (κ2) is 6.74. The fourth-order valence-corrected chi connectivity index (χ4v) is 4.69. The third-order valence-electron chi connectivity index (χ3n) is 5.62. The zero-order chi connectivity index (χ0) is 21.0. The molecule has 1 aliphatic carbocycles. The molecule has 30 heavy (non-hydrogen) atoms. The predicted octanol–water partition coefficient (Wildman–Crippen LogP) is 4.24. The van der Waals surface area contributed by atoms with Crippen molar-refractivity contribution in [3.63, 3.8) is 0 Å². The van der Waals surface area contributed by atoms with Crippen LogP contribution in [0.3, 0.4) is 0 Å². The van der Waals surface area contributed by atoms with Gasteiger partial charge in [0.15, 0.2) is 0 Å². The van der Waals surface area contributed by atoms with E-state index in [1.165, 1.54) is 0 Å². The first kappa shape index (κ1) is 18.9. The summed E-state index contributed by atoms with van der Waals surface area (Å²) in [5, 5.41) is 8.44. The van der Waals surface area contributed by atoms with Crippen LogP contribution >= 0.6 is 15.9 Å². The smallest absolute Gasteiger partial charge is 0.235 e. The van der Waals surface area contributed by atoms with E-state index in [4.69, 9.17) is 4.74 Å². The van der Waals surface area contributed by atoms with Crippen molar-refractivity contribution in [3.8, 4) is 11.3 Å². The summed E-state index contributed by atoms with van der Waals surface area (Å²) < 4.78 is 8.02. The molecule has 0 amide bonds. The number of carbonyl (C=O) groups is 2. The molecule has 1 aliphatic heterocycles. The molecule has 0 bridgehead atoms. The van der Waals surface area contributed by atoms with Crippen molar-refractivity contribution >= 4 is 33.3 Å². The van der Waals surface area contributed by atoms with Crippen molar-refractivity contribution < 1.29 is 14.3 Å². The van der Waals surface area contributed by atoms with Gasteiger partial charge >= 0.3 is 0 Å². The molecule has 6 nitrogen and oxygen atoms in total. The number of halogens is 1. The van der Waals surface area contributed by atoms with Crippen LogP contribution in [0, 0.1) is 0 Å². The van der Waals surface area contributed by atoms with Crippen molar-refractivity contribution in [3.05, 3.63) is 77.5 Å². The van der Waals surface area contributed by atoms with Crippen molar-refractivity contribution in [1.82, 2.24) is 15.0 Å². The van der Waals surface area contributed by atoms with Gasteiger partial charge in [0.05, 0.1) is 22.3 Å². The van der Waals surface area contributed by atoms with Gasteiger partial charge in [-0.2, -0.15) is 0 Å². The Bertz CT molecular complexity index is 1210. The van der Waals surface area contributed by atoms with Gasteiger partial charge in [-0.1, -0.05) is 75.7 Å². The third-order valence-corrected chi connectivity index (χ3v) is 7.23. The number of allylic oxidation sites excluding steroid dienone is 1. The number of benzene rings is 2. The Kier molecular flexibility index (Phi) is 4.25. The van der Waals surface area contributed by atoms with Gasteiger partial charge < -0.3 is 4.74 Å². The van der Waals surface area contributed by atoms with Gasteiger partial charge in [-0.3, -0.25) is 9.59 Å². The van der Waals surface area contributed by atoms with Crippen LogP contribution in [-0.2, 0) is 9.53 Å². The minimum absolute atomic E-state index is 0.308. The van der Waals surface area contributed by atoms with Crippen LogP contribution in [-0.4, -0.2) is 37.0 Å². The molecular weight excluding hydrogens is 446 g/mol. The van der Waals surface area contributed by atoms with Gasteiger partial charge in [0.25, 0.3) is 0 Å². The minimum Gasteiger partial charge on any atom is -0.485 e. The molecule has 0 saturated carbocycles. The van der Waals surface area contributed by atoms with Crippen molar-refractivity contribution in [1.29, 1.82) is 0 Å². The van der Waals surface area contributed by atoms with Crippen LogP contribution < -0.4 is 0 Å². The molecule has 0 radical (unpaired) electrons. The first-order valence-electron chi connectivity index (χ1n) is 9.61. The maximum atomic E-state index is 13.3. The molecule has 7 heteroatoms. The SMILES string of the molecule is CC1(C)OC2=C(C(=O)C(=O)c3ccccc32)[C@H](n2nncc2-c2ccccc2)[C@H]1Br. The fourth-order valence-electron chi connectivity index (χ4n) is 4.11. The van der Waals surface area contributed by atoms with Gasteiger partial charge in [-0.15, -0.1) is 5.10 Å². The standard InChI is InChI=1S/C23H18BrN3O3/c1-23(2)22(24)18(27-16(12-25-26-27)13-8-4-3-5-9-13)17-20(29)19(28)14-10-6-7-11-15(14)21(17)30-23/h3-12,18,22H,1-2H3/t18-,22+/m0/s1. The number of fused-ring (bicyclic) bond motifs is 2. The lowest BCUT2D eigenvalue weighted by atomic mass is 9.79. The molecule has 0 fully saturated rings. The molecule has 5 rings (SSSR count). The first-order chi connectivity index (χ1) is 14.4. The lowest BCUT2D eigenvalue weighted by Crippen LogP contribution is -2.48. The summed E-state index contributed by atoms with van der Waals surface area (Å²) in [4.78, 5) is 25.8. The maximum absolute atomic E-state index is 13.3. The first-order valence-corrected chi connectivity index (χ1v) is 10.5. The van der Waals surface area contributed by atoms with Crippen LogP contribution in [0.15, 0.2) is 66.4 Å². The number of carbonyl (C=O) groups excluding carboxylic acids is 2. The summed E-state index contributed by atoms with van der Waals surface area (Å²) >= 11 is 3.74. The molecule has 2 aliphatic rings. The van der Waals surface area contributed by atoms with Crippen LogP contribution in [0.2, 0.25) is 0 Å². The number of rotatable bonds is 2. The van der Waals surface area contributed by atoms with Gasteiger partial charge in [-0.25, -0.2) is 4.68 Å². The zero-order valence-corrected chi connectivity index (χ0v) is 18.0. The summed E-state index contributed by atoms with van der Waals surface area (Å²) in [6.45, 7) is 3.90. The van der Waals surface area contributed by atoms with E-state index < -0.39 is 23.2 Å². The lowest BCUT2D eigenvalue weighted by Gasteiger charge is -2.44. The molecule has 1 aromatic heterocycles. The number of hydrogen-bond acceptors (Lipinski definition) is 5. The molecule has 3 aromatic rings. The van der Waals surface area contributed by atoms with Crippen molar-refractivity contribution in [2.24, 2.45) is 0 Å². The van der Waals surface area contributed by atoms with Crippen molar-refractivity contribution in [2.75, 3.05) is 0 Å². The summed E-state index contributed by atoms with van der Waals surface area (Å²) in [5.41, 5.74) is 2.32. The lowest BCUT2D eigenvalue weighted by molar-refractivity contribution is -0.113. The van der Waals surface area contributed by atoms with Gasteiger partial charge in [0, 0.05) is 16.7 Å². The van der Waals surface area contributed by atoms with Gasteiger partial charge in [0.2, 0.25) is 11.6 Å². The minimum atomic E-state index is -0.669. The number of ketones is 2. The van der Waals surface area contributed by atoms with Crippen LogP contribution in [0.5, 0.6) is 0 Å². The summed E-state index contributed by atoms with van der Waals surface area (Å²) in [5.74, 6) is -0.655. The van der Waals surface area contributed by atoms with E-state index in [1.807, 2.05) is 56.3 Å². The molecule has 0 saturated heterocycles. The van der Waals surface area contributed by atoms with Gasteiger partial charge in [0.1, 0.15) is 17.4 Å². The maximum Gasteiger partial charge on any atom is 0.235 e. The second-order valence-electron chi connectivity index (χ2n) is 7.93. The van der Waals surface area contributed by atoms with E-state index in [9.17, 15) is 9.59 Å². The Labute approximate surface area is 181 Å². The fraction of sp³-hybridized carbons (Fsp3) is 0.217. The van der Waals surface area contributed by atoms with Crippen LogP contribution in [0.1, 0.15) is 35.8 Å². The Morgan fingerprint density at radius 2 is 1.63 bits per heavy atom. The number of hydrogen-bond donors (Lipinski definition) is 0. The largest absolute Gasteiger partial charge is 0.485 e. The molecule has 2 atom stereocenters. The Morgan fingerprint density at radius 3 is 2.37 bits per heavy atom. The van der Waals surface area contributed by atoms with Gasteiger partial charge in [-0.05, 0) is 13.8 Å². The Hall–Kier alpha value is -3.06. The van der Waals surface area contributed by atoms with E-state index in [2.05, 4.69) is 26.2 Å². The normalized spacial score (nSPS) is 22.4. The van der Waals surface area contributed by atoms with E-state index in [0.29, 0.717) is 22.5 Å². The number of Topliss-reactive ketones (excluding diaryl/α,β-unsaturated/α-hetero) is 2. The predicted molar refractivity (Wildman–Crippen MR) is 115 cm³/mol. The highest BCUT2D eigenvalue weighted by molar-refractivity contribution is 9.09. The molecule has 2 aromatic carbocycles. The molecule has 150 valence electrons. The average Bonchev–Trinajstić information content (AvgIpc) is 3.23. The highest BCUT2D eigenvalue weighted by Crippen LogP contribution is 2.49. The quantitative estimate of drug-likeness (QED) is 0.419. The number of aromatic nitrogens is 3. The third kappa shape index (κ3) is 2.69. The summed E-state index contributed by atoms with van der Waals surface area (Å²) in [7, 11) is 0. The highest BCUT2D eigenvalue weighted by Gasteiger charge is 2.51. The Balaban J connectivity index is 1.78. The van der Waals surface area contributed by atoms with E-state index in [0.717, 1.165) is 11.3 Å². The van der Waals surface area contributed by atoms with Crippen LogP contribution in [0.4, 0.5) is 0 Å². The average molecular weight is 464 g/mol. The zero-order valence-electron chi connectivity index (χ0n) is 16.4. The molecule has 0 N–H and O–H groups in total. The second-order valence-corrected chi connectivity index (χ2v) is 8.92. The summed E-state index contributed by atoms with van der Waals surface area (Å²) in [6.07, 6.45) is 1.67. The van der Waals surface area contributed by atoms with E-state index in [-0.39, 0.29) is 4.83 Å². The number of nitrogens with zero attached hydrogens (tertiary/aromatic N) is 3. The van der Waals surface area contributed by atoms with E-state index in [1.54, 1.807) is 23.0 Å². The van der Waals surface area contributed by atoms with E-state index >= 15 is 0 Å².